The van der Waals surface area contributed by atoms with Crippen LogP contribution in [-0.4, -0.2) is 40.1 Å². The van der Waals surface area contributed by atoms with E-state index in [1.165, 1.54) is 11.3 Å². The number of ether oxygens (including phenoxy) is 1. The zero-order chi connectivity index (χ0) is 26.2. The van der Waals surface area contributed by atoms with Crippen LogP contribution in [0, 0.1) is 0 Å². The van der Waals surface area contributed by atoms with Gasteiger partial charge in [-0.15, -0.1) is 0 Å². The van der Waals surface area contributed by atoms with E-state index in [9.17, 15) is 9.59 Å². The van der Waals surface area contributed by atoms with Gasteiger partial charge in [0.15, 0.2) is 17.4 Å². The fourth-order valence-electron chi connectivity index (χ4n) is 3.62. The summed E-state index contributed by atoms with van der Waals surface area (Å²) in [6.07, 6.45) is 1.98. The van der Waals surface area contributed by atoms with Crippen LogP contribution < -0.4 is 20.7 Å². The summed E-state index contributed by atoms with van der Waals surface area (Å²) in [5.74, 6) is 1.49. The van der Waals surface area contributed by atoms with Crippen molar-refractivity contribution >= 4 is 50.0 Å². The molecule has 0 radical (unpaired) electrons. The second-order valence-corrected chi connectivity index (χ2v) is 10.5. The third kappa shape index (κ3) is 5.26. The molecule has 0 atom stereocenters. The first-order valence-corrected chi connectivity index (χ1v) is 12.4. The van der Waals surface area contributed by atoms with Crippen LogP contribution in [0.4, 0.5) is 16.3 Å². The summed E-state index contributed by atoms with van der Waals surface area (Å²) in [5, 5.41) is 11.9. The molecule has 0 unspecified atom stereocenters. The molecule has 0 fully saturated rings. The van der Waals surface area contributed by atoms with Gasteiger partial charge in [-0.05, 0) is 30.3 Å². The Kier molecular flexibility index (Phi) is 6.30. The number of nitrogens with zero attached hydrogens (tertiary/aromatic N) is 3. The maximum Gasteiger partial charge on any atom is 0.324 e. The fraction of sp³-hybridized carbons (Fsp3) is 0.231. The van der Waals surface area contributed by atoms with Gasteiger partial charge < -0.3 is 19.9 Å². The van der Waals surface area contributed by atoms with Crippen molar-refractivity contribution in [3.63, 3.8) is 0 Å². The molecule has 11 heteroatoms. The SMILES string of the molecule is CNC(=O)COc1ccc2c(c1)sc1nc(-c3ccc(NC(=O)Nc4cc(C(C)(C)C)on4)cc3)cn12. The highest BCUT2D eigenvalue weighted by atomic mass is 32.1. The normalized spacial score (nSPS) is 11.6. The zero-order valence-corrected chi connectivity index (χ0v) is 21.6. The molecule has 0 aliphatic carbocycles. The van der Waals surface area contributed by atoms with E-state index in [4.69, 9.17) is 14.2 Å². The van der Waals surface area contributed by atoms with Crippen LogP contribution in [0.2, 0.25) is 0 Å². The molecule has 2 aromatic carbocycles. The minimum absolute atomic E-state index is 0.0282. The Labute approximate surface area is 216 Å². The van der Waals surface area contributed by atoms with Gasteiger partial charge in [0.25, 0.3) is 5.91 Å². The van der Waals surface area contributed by atoms with Crippen LogP contribution in [0.25, 0.3) is 26.4 Å². The number of anilines is 2. The van der Waals surface area contributed by atoms with Gasteiger partial charge in [-0.2, -0.15) is 0 Å². The molecule has 3 amide bonds. The second kappa shape index (κ2) is 9.58. The number of imidazole rings is 1. The number of hydrogen-bond acceptors (Lipinski definition) is 7. The highest BCUT2D eigenvalue weighted by Gasteiger charge is 2.20. The molecule has 37 heavy (non-hydrogen) atoms. The number of benzene rings is 2. The van der Waals surface area contributed by atoms with Gasteiger partial charge in [0, 0.05) is 36.0 Å². The van der Waals surface area contributed by atoms with Crippen molar-refractivity contribution in [3.8, 4) is 17.0 Å². The van der Waals surface area contributed by atoms with E-state index in [0.29, 0.717) is 23.0 Å². The third-order valence-corrected chi connectivity index (χ3v) is 6.66. The number of hydrogen-bond donors (Lipinski definition) is 3. The summed E-state index contributed by atoms with van der Waals surface area (Å²) in [6, 6.07) is 14.5. The number of rotatable bonds is 6. The van der Waals surface area contributed by atoms with Gasteiger partial charge in [0.1, 0.15) is 11.5 Å². The number of nitrogens with one attached hydrogen (secondary N) is 3. The number of urea groups is 1. The lowest BCUT2D eigenvalue weighted by atomic mass is 9.93. The van der Waals surface area contributed by atoms with Crippen molar-refractivity contribution in [3.05, 3.63) is 60.5 Å². The summed E-state index contributed by atoms with van der Waals surface area (Å²) in [4.78, 5) is 29.4. The average molecular weight is 519 g/mol. The smallest absolute Gasteiger partial charge is 0.324 e. The van der Waals surface area contributed by atoms with Crippen LogP contribution >= 0.6 is 11.3 Å². The Morgan fingerprint density at radius 1 is 1.08 bits per heavy atom. The minimum Gasteiger partial charge on any atom is -0.484 e. The summed E-state index contributed by atoms with van der Waals surface area (Å²) in [6.45, 7) is 5.99. The monoisotopic (exact) mass is 518 g/mol. The first-order chi connectivity index (χ1) is 17.7. The number of likely N-dealkylation sites (N-methyl/N-ethyl adjacent to an activating group) is 1. The molecule has 3 heterocycles. The summed E-state index contributed by atoms with van der Waals surface area (Å²) in [5.41, 5.74) is 3.19. The van der Waals surface area contributed by atoms with Crippen molar-refractivity contribution in [2.75, 3.05) is 24.3 Å². The van der Waals surface area contributed by atoms with Crippen LogP contribution in [0.15, 0.2) is 59.3 Å². The molecule has 0 bridgehead atoms. The number of thiazole rings is 1. The summed E-state index contributed by atoms with van der Waals surface area (Å²) in [7, 11) is 1.57. The molecule has 5 aromatic rings. The van der Waals surface area contributed by atoms with E-state index in [-0.39, 0.29) is 17.9 Å². The first kappa shape index (κ1) is 24.3. The van der Waals surface area contributed by atoms with Crippen LogP contribution in [-0.2, 0) is 10.2 Å². The minimum atomic E-state index is -0.408. The average Bonchev–Trinajstić information content (AvgIpc) is 3.57. The standard InChI is InChI=1S/C26H26N6O4S/c1-26(2,3)21-12-22(31-36-21)30-24(34)28-16-7-5-15(6-8-16)18-13-32-19-10-9-17(35-14-23(33)27-4)11-20(19)37-25(32)29-18/h5-13H,14H2,1-4H3,(H,27,33)(H2,28,30,31,34). The molecule has 190 valence electrons. The molecule has 0 spiro atoms. The van der Waals surface area contributed by atoms with E-state index < -0.39 is 6.03 Å². The number of fused-ring (bicyclic) bond motifs is 3. The Balaban J connectivity index is 1.26. The molecule has 0 saturated heterocycles. The highest BCUT2D eigenvalue weighted by Crippen LogP contribution is 2.32. The predicted molar refractivity (Wildman–Crippen MR) is 143 cm³/mol. The Bertz CT molecular complexity index is 1590. The maximum atomic E-state index is 12.4. The molecular formula is C26H26N6O4S. The Morgan fingerprint density at radius 3 is 2.57 bits per heavy atom. The number of carbonyl (C=O) groups is 2. The van der Waals surface area contributed by atoms with Crippen LogP contribution in [0.1, 0.15) is 26.5 Å². The second-order valence-electron chi connectivity index (χ2n) is 9.46. The lowest BCUT2D eigenvalue weighted by Gasteiger charge is -2.12. The van der Waals surface area contributed by atoms with E-state index in [0.717, 1.165) is 26.4 Å². The molecular weight excluding hydrogens is 492 g/mol. The molecule has 0 aliphatic rings. The Hall–Kier alpha value is -4.38. The van der Waals surface area contributed by atoms with Gasteiger partial charge in [0.05, 0.1) is 15.9 Å². The van der Waals surface area contributed by atoms with Gasteiger partial charge in [-0.25, -0.2) is 9.78 Å². The Morgan fingerprint density at radius 2 is 1.86 bits per heavy atom. The van der Waals surface area contributed by atoms with E-state index in [1.807, 2.05) is 73.8 Å². The van der Waals surface area contributed by atoms with Gasteiger partial charge >= 0.3 is 6.03 Å². The van der Waals surface area contributed by atoms with Crippen LogP contribution in [0.3, 0.4) is 0 Å². The maximum absolute atomic E-state index is 12.4. The number of carbonyl (C=O) groups excluding carboxylic acids is 2. The number of aromatic nitrogens is 3. The van der Waals surface area contributed by atoms with Crippen molar-refractivity contribution in [2.45, 2.75) is 26.2 Å². The molecule has 3 aromatic heterocycles. The van der Waals surface area contributed by atoms with Gasteiger partial charge in [-0.1, -0.05) is 49.4 Å². The topological polar surface area (TPSA) is 123 Å². The molecule has 3 N–H and O–H groups in total. The van der Waals surface area contributed by atoms with E-state index >= 15 is 0 Å². The third-order valence-electron chi connectivity index (χ3n) is 5.64. The number of amides is 3. The molecule has 10 nitrogen and oxygen atoms in total. The zero-order valence-electron chi connectivity index (χ0n) is 20.8. The van der Waals surface area contributed by atoms with Crippen LogP contribution in [0.5, 0.6) is 5.75 Å². The molecule has 5 rings (SSSR count). The predicted octanol–water partition coefficient (Wildman–Crippen LogP) is 5.27. The van der Waals surface area contributed by atoms with E-state index in [2.05, 4.69) is 21.1 Å². The van der Waals surface area contributed by atoms with Crippen molar-refractivity contribution in [1.29, 1.82) is 0 Å². The van der Waals surface area contributed by atoms with Crippen molar-refractivity contribution < 1.29 is 18.8 Å². The van der Waals surface area contributed by atoms with Crippen molar-refractivity contribution in [2.24, 2.45) is 0 Å². The first-order valence-electron chi connectivity index (χ1n) is 11.6. The van der Waals surface area contributed by atoms with Gasteiger partial charge in [-0.3, -0.25) is 14.5 Å². The lowest BCUT2D eigenvalue weighted by molar-refractivity contribution is -0.122. The molecule has 0 saturated carbocycles. The fourth-order valence-corrected chi connectivity index (χ4v) is 4.66. The van der Waals surface area contributed by atoms with Crippen molar-refractivity contribution in [1.82, 2.24) is 19.9 Å². The molecule has 0 aliphatic heterocycles. The van der Waals surface area contributed by atoms with Gasteiger partial charge in [0.2, 0.25) is 0 Å². The summed E-state index contributed by atoms with van der Waals surface area (Å²) < 4.78 is 13.9. The lowest BCUT2D eigenvalue weighted by Crippen LogP contribution is -2.24. The summed E-state index contributed by atoms with van der Waals surface area (Å²) >= 11 is 1.54. The van der Waals surface area contributed by atoms with E-state index in [1.54, 1.807) is 13.1 Å². The highest BCUT2D eigenvalue weighted by molar-refractivity contribution is 7.23. The largest absolute Gasteiger partial charge is 0.484 e. The quantitative estimate of drug-likeness (QED) is 0.281.